The van der Waals surface area contributed by atoms with E-state index in [1.54, 1.807) is 78.1 Å². The Labute approximate surface area is 363 Å². The van der Waals surface area contributed by atoms with Crippen molar-refractivity contribution in [2.24, 2.45) is 4.99 Å². The molecule has 0 unspecified atom stereocenters. The maximum absolute atomic E-state index is 13.9. The van der Waals surface area contributed by atoms with Crippen LogP contribution in [0.4, 0.5) is 5.69 Å². The monoisotopic (exact) mass is 848 g/mol. The predicted octanol–water partition coefficient (Wildman–Crippen LogP) is 11.0. The Morgan fingerprint density at radius 1 is 0.754 bits per heavy atom. The number of nitrogens with one attached hydrogen (secondary N) is 1. The summed E-state index contributed by atoms with van der Waals surface area (Å²) < 4.78 is 7.84. The van der Waals surface area contributed by atoms with E-state index in [0.717, 1.165) is 98.1 Å². The number of aromatic hydroxyl groups is 2. The van der Waals surface area contributed by atoms with Crippen molar-refractivity contribution in [3.63, 3.8) is 0 Å². The van der Waals surface area contributed by atoms with Crippen molar-refractivity contribution in [3.05, 3.63) is 132 Å². The summed E-state index contributed by atoms with van der Waals surface area (Å²) in [5.74, 6) is 0.726. The fourth-order valence-electron chi connectivity index (χ4n) is 7.71. The number of fused-ring (bicyclic) bond motifs is 5. The minimum absolute atomic E-state index is 0.00390. The minimum Gasteiger partial charge on any atom is -0.508 e. The van der Waals surface area contributed by atoms with Gasteiger partial charge in [0.15, 0.2) is 5.78 Å². The van der Waals surface area contributed by atoms with E-state index in [1.165, 1.54) is 21.7 Å². The van der Waals surface area contributed by atoms with Crippen LogP contribution in [0.25, 0.3) is 52.1 Å². The van der Waals surface area contributed by atoms with Crippen LogP contribution in [0.3, 0.4) is 0 Å². The normalized spacial score (nSPS) is 11.8. The number of unbranched alkanes of at least 4 members (excludes halogenated alkanes) is 3. The number of ether oxygens (including phenoxy) is 1. The van der Waals surface area contributed by atoms with Gasteiger partial charge in [-0.1, -0.05) is 37.1 Å². The van der Waals surface area contributed by atoms with Crippen molar-refractivity contribution in [1.82, 2.24) is 10.3 Å². The number of carbonyl (C=O) groups excluding carboxylic acids is 2. The third-order valence-electron chi connectivity index (χ3n) is 10.9. The van der Waals surface area contributed by atoms with E-state index < -0.39 is 0 Å². The number of benzene rings is 6. The third kappa shape index (κ3) is 9.38. The van der Waals surface area contributed by atoms with Crippen molar-refractivity contribution >= 4 is 71.1 Å². The highest BCUT2D eigenvalue weighted by Gasteiger charge is 2.22. The molecule has 1 aliphatic heterocycles. The number of anilines is 1. The molecule has 5 aromatic carbocycles. The van der Waals surface area contributed by atoms with Gasteiger partial charge >= 0.3 is 0 Å². The van der Waals surface area contributed by atoms with E-state index in [4.69, 9.17) is 14.7 Å². The Bertz CT molecular complexity index is 2860. The van der Waals surface area contributed by atoms with Gasteiger partial charge < -0.3 is 25.2 Å². The molecule has 0 fully saturated rings. The topological polar surface area (TPSA) is 124 Å². The molecule has 6 aromatic rings. The number of hydrogen-bond donors (Lipinski definition) is 3. The minimum atomic E-state index is -0.150. The van der Waals surface area contributed by atoms with Crippen LogP contribution in [0, 0.1) is 0 Å². The van der Waals surface area contributed by atoms with Crippen LogP contribution in [0.2, 0.25) is 0 Å². The number of nitrogens with zero attached hydrogens (tertiary/aromatic N) is 3. The van der Waals surface area contributed by atoms with Gasteiger partial charge in [0, 0.05) is 68.6 Å². The Morgan fingerprint density at radius 3 is 2.30 bits per heavy atom. The third-order valence-corrected chi connectivity index (χ3v) is 13.2. The first-order valence-corrected chi connectivity index (χ1v) is 22.5. The maximum Gasteiger partial charge on any atom is 0.220 e. The molecule has 11 heteroatoms. The molecule has 0 atom stereocenters. The van der Waals surface area contributed by atoms with Crippen molar-refractivity contribution in [2.45, 2.75) is 46.0 Å². The van der Waals surface area contributed by atoms with Crippen molar-refractivity contribution < 1.29 is 24.5 Å². The first kappa shape index (κ1) is 41.4. The highest BCUT2D eigenvalue weighted by atomic mass is 32.1. The van der Waals surface area contributed by atoms with E-state index in [2.05, 4.69) is 72.6 Å². The highest BCUT2D eigenvalue weighted by molar-refractivity contribution is 7.23. The van der Waals surface area contributed by atoms with Crippen LogP contribution in [-0.2, 0) is 4.79 Å². The van der Waals surface area contributed by atoms with Crippen LogP contribution in [0.15, 0.2) is 120 Å². The number of aromatic nitrogens is 1. The fourth-order valence-corrected chi connectivity index (χ4v) is 10.0. The number of thiophene rings is 1. The summed E-state index contributed by atoms with van der Waals surface area (Å²) in [5.41, 5.74) is 5.10. The largest absolute Gasteiger partial charge is 0.508 e. The van der Waals surface area contributed by atoms with E-state index in [-0.39, 0.29) is 23.2 Å². The lowest BCUT2D eigenvalue weighted by molar-refractivity contribution is -0.121. The van der Waals surface area contributed by atoms with Gasteiger partial charge in [-0.05, 0) is 123 Å². The van der Waals surface area contributed by atoms with Gasteiger partial charge in [0.05, 0.1) is 32.7 Å². The summed E-state index contributed by atoms with van der Waals surface area (Å²) >= 11 is 3.20. The number of ketones is 1. The van der Waals surface area contributed by atoms with Crippen LogP contribution < -0.4 is 20.3 Å². The van der Waals surface area contributed by atoms with Gasteiger partial charge in [0.2, 0.25) is 5.91 Å². The lowest BCUT2D eigenvalue weighted by Crippen LogP contribution is -2.27. The molecule has 2 heterocycles. The number of rotatable bonds is 17. The molecule has 2 aliphatic rings. The smallest absolute Gasteiger partial charge is 0.220 e. The molecule has 310 valence electrons. The Kier molecular flexibility index (Phi) is 12.9. The maximum atomic E-state index is 13.9. The van der Waals surface area contributed by atoms with Crippen LogP contribution in [-0.4, -0.2) is 59.7 Å². The molecule has 0 saturated heterocycles. The van der Waals surface area contributed by atoms with Crippen LogP contribution in [0.5, 0.6) is 17.2 Å². The van der Waals surface area contributed by atoms with Crippen molar-refractivity contribution in [1.29, 1.82) is 0 Å². The standard InChI is InChI=1S/C50H48N4O5S2/c1-3-54(4-2)34-18-25-41-44(29-34)60-45-31-42(38-11-8-9-12-39(38)48(45)53-41)51-26-10-6-5-7-13-46(57)52-27-28-59-37-22-16-32(17-23-37)49(58)47-40-24-21-36(56)30-43(40)61-50(47)33-14-19-35(55)20-15-33/h8-9,11-12,14-25,29-31,55-56H,3-7,10,13,26-28H2,1-2H3,(H,52,57). The summed E-state index contributed by atoms with van der Waals surface area (Å²) in [5, 5.41) is 26.8. The number of carbonyl (C=O) groups is 2. The van der Waals surface area contributed by atoms with Gasteiger partial charge in [0.1, 0.15) is 23.9 Å². The average Bonchev–Trinajstić information content (AvgIpc) is 3.66. The molecule has 1 aromatic heterocycles. The molecule has 61 heavy (non-hydrogen) atoms. The van der Waals surface area contributed by atoms with Gasteiger partial charge in [0.25, 0.3) is 0 Å². The predicted molar refractivity (Wildman–Crippen MR) is 250 cm³/mol. The molecule has 0 saturated carbocycles. The molecular weight excluding hydrogens is 801 g/mol. The summed E-state index contributed by atoms with van der Waals surface area (Å²) in [6.45, 7) is 7.70. The Hall–Kier alpha value is -6.30. The zero-order chi connectivity index (χ0) is 42.3. The lowest BCUT2D eigenvalue weighted by atomic mass is 9.97. The molecule has 1 aliphatic carbocycles. The number of phenols is 2. The highest BCUT2D eigenvalue weighted by Crippen LogP contribution is 2.42. The molecule has 3 N–H and O–H groups in total. The molecule has 8 rings (SSSR count). The van der Waals surface area contributed by atoms with E-state index in [9.17, 15) is 19.8 Å². The Morgan fingerprint density at radius 2 is 1.51 bits per heavy atom. The Balaban J connectivity index is 0.794. The second kappa shape index (κ2) is 19.0. The molecule has 0 bridgehead atoms. The molecule has 1 amide bonds. The number of amides is 1. The van der Waals surface area contributed by atoms with Gasteiger partial charge in [-0.2, -0.15) is 0 Å². The fraction of sp³-hybridized carbons (Fsp3) is 0.240. The summed E-state index contributed by atoms with van der Waals surface area (Å²) in [4.78, 5) is 40.9. The molecule has 0 spiro atoms. The average molecular weight is 849 g/mol. The van der Waals surface area contributed by atoms with Crippen molar-refractivity contribution in [2.75, 3.05) is 37.7 Å². The van der Waals surface area contributed by atoms with Gasteiger partial charge in [-0.3, -0.25) is 14.6 Å². The molecular formula is C50H48N4O5S2. The van der Waals surface area contributed by atoms with E-state index in [0.29, 0.717) is 36.4 Å². The first-order valence-electron chi connectivity index (χ1n) is 20.9. The number of hydrogen-bond acceptors (Lipinski definition) is 10. The van der Waals surface area contributed by atoms with Crippen LogP contribution in [0.1, 0.15) is 61.9 Å². The molecule has 9 nitrogen and oxygen atoms in total. The summed E-state index contributed by atoms with van der Waals surface area (Å²) in [7, 11) is 0. The summed E-state index contributed by atoms with van der Waals surface area (Å²) in [6, 6.07) is 35.9. The second-order valence-corrected chi connectivity index (χ2v) is 17.1. The quantitative estimate of drug-likeness (QED) is 0.0361. The van der Waals surface area contributed by atoms with Gasteiger partial charge in [-0.25, -0.2) is 4.98 Å². The summed E-state index contributed by atoms with van der Waals surface area (Å²) in [6.07, 6.45) is 4.18. The molecule has 0 radical (unpaired) electrons. The second-order valence-electron chi connectivity index (χ2n) is 15.0. The number of phenolic OH excluding ortho intramolecular Hbond substituents is 2. The zero-order valence-electron chi connectivity index (χ0n) is 34.3. The first-order chi connectivity index (χ1) is 29.8. The zero-order valence-corrected chi connectivity index (χ0v) is 36.0. The SMILES string of the molecule is CCN(CC)c1ccc2nc3c4ccccc4c(=NCCCCCCC(=O)NCCOc4ccc(C(=O)c5c(-c6ccc(O)cc6)sc6cc(O)ccc56)cc4)cc-3sc2c1. The van der Waals surface area contributed by atoms with Crippen molar-refractivity contribution in [3.8, 4) is 38.3 Å². The van der Waals surface area contributed by atoms with Crippen LogP contribution >= 0.6 is 22.7 Å². The van der Waals surface area contributed by atoms with E-state index >= 15 is 0 Å². The van der Waals surface area contributed by atoms with E-state index in [1.807, 2.05) is 0 Å². The lowest BCUT2D eigenvalue weighted by Gasteiger charge is -2.21. The van der Waals surface area contributed by atoms with Gasteiger partial charge in [-0.15, -0.1) is 22.7 Å².